The maximum absolute atomic E-state index is 10.7. The zero-order chi connectivity index (χ0) is 10.1. The van der Waals surface area contributed by atoms with Crippen LogP contribution >= 0.6 is 11.3 Å². The van der Waals surface area contributed by atoms with Crippen LogP contribution in [0.5, 0.6) is 0 Å². The van der Waals surface area contributed by atoms with E-state index in [2.05, 4.69) is 18.4 Å². The molecular formula is C11H14O2S. The van der Waals surface area contributed by atoms with Crippen LogP contribution in [0.25, 0.3) is 0 Å². The van der Waals surface area contributed by atoms with Gasteiger partial charge in [0.2, 0.25) is 0 Å². The van der Waals surface area contributed by atoms with E-state index in [1.54, 1.807) is 11.3 Å². The first-order valence-corrected chi connectivity index (χ1v) is 5.81. The number of aliphatic carboxylic acids is 1. The zero-order valence-electron chi connectivity index (χ0n) is 8.14. The van der Waals surface area contributed by atoms with E-state index in [0.717, 1.165) is 12.8 Å². The average Bonchev–Trinajstić information content (AvgIpc) is 2.80. The molecule has 1 aliphatic rings. The topological polar surface area (TPSA) is 37.3 Å². The van der Waals surface area contributed by atoms with E-state index in [-0.39, 0.29) is 5.92 Å². The van der Waals surface area contributed by atoms with Crippen molar-refractivity contribution in [1.29, 1.82) is 0 Å². The summed E-state index contributed by atoms with van der Waals surface area (Å²) in [6, 6.07) is 4.17. The van der Waals surface area contributed by atoms with E-state index >= 15 is 0 Å². The van der Waals surface area contributed by atoms with Gasteiger partial charge in [-0.05, 0) is 36.1 Å². The molecule has 0 aromatic carbocycles. The standard InChI is InChI=1S/C11H14O2S/c1-7(5-8-3-2-4-14-8)9-6-10(9)11(12)13/h2-4,7,9-10H,5-6H2,1H3,(H,12,13). The van der Waals surface area contributed by atoms with Crippen LogP contribution in [0.1, 0.15) is 18.2 Å². The number of carboxylic acid groups (broad SMARTS) is 1. The molecule has 0 aliphatic heterocycles. The van der Waals surface area contributed by atoms with Crippen LogP contribution in [0.2, 0.25) is 0 Å². The van der Waals surface area contributed by atoms with Crippen molar-refractivity contribution in [3.63, 3.8) is 0 Å². The molecule has 1 aromatic heterocycles. The fourth-order valence-electron chi connectivity index (χ4n) is 2.02. The van der Waals surface area contributed by atoms with Gasteiger partial charge in [-0.25, -0.2) is 0 Å². The summed E-state index contributed by atoms with van der Waals surface area (Å²) in [7, 11) is 0. The minimum absolute atomic E-state index is 0.0648. The molecule has 0 amide bonds. The lowest BCUT2D eigenvalue weighted by atomic mass is 10.00. The summed E-state index contributed by atoms with van der Waals surface area (Å²) in [5, 5.41) is 10.9. The van der Waals surface area contributed by atoms with Crippen LogP contribution in [-0.2, 0) is 11.2 Å². The number of carbonyl (C=O) groups is 1. The second-order valence-electron chi connectivity index (χ2n) is 4.11. The first kappa shape index (κ1) is 9.71. The quantitative estimate of drug-likeness (QED) is 0.829. The molecule has 3 heteroatoms. The van der Waals surface area contributed by atoms with E-state index in [4.69, 9.17) is 5.11 Å². The molecule has 1 N–H and O–H groups in total. The summed E-state index contributed by atoms with van der Waals surface area (Å²) < 4.78 is 0. The third-order valence-corrected chi connectivity index (χ3v) is 3.89. The second-order valence-corrected chi connectivity index (χ2v) is 5.14. The summed E-state index contributed by atoms with van der Waals surface area (Å²) in [5.41, 5.74) is 0. The van der Waals surface area contributed by atoms with Gasteiger partial charge in [-0.1, -0.05) is 13.0 Å². The maximum Gasteiger partial charge on any atom is 0.306 e. The Kier molecular flexibility index (Phi) is 2.59. The van der Waals surface area contributed by atoms with Gasteiger partial charge in [0.25, 0.3) is 0 Å². The Morgan fingerprint density at radius 2 is 2.57 bits per heavy atom. The molecule has 0 bridgehead atoms. The first-order chi connectivity index (χ1) is 6.68. The molecule has 3 unspecified atom stereocenters. The Morgan fingerprint density at radius 3 is 3.07 bits per heavy atom. The summed E-state index contributed by atoms with van der Waals surface area (Å²) in [4.78, 5) is 12.1. The molecular weight excluding hydrogens is 196 g/mol. The normalized spacial score (nSPS) is 27.2. The van der Waals surface area contributed by atoms with Crippen LogP contribution < -0.4 is 0 Å². The Morgan fingerprint density at radius 1 is 1.79 bits per heavy atom. The lowest BCUT2D eigenvalue weighted by molar-refractivity contribution is -0.139. The van der Waals surface area contributed by atoms with Crippen molar-refractivity contribution in [1.82, 2.24) is 0 Å². The lowest BCUT2D eigenvalue weighted by Crippen LogP contribution is -2.07. The molecule has 1 fully saturated rings. The van der Waals surface area contributed by atoms with Gasteiger partial charge in [-0.3, -0.25) is 4.79 Å². The molecule has 0 radical (unpaired) electrons. The van der Waals surface area contributed by atoms with Crippen LogP contribution in [0.4, 0.5) is 0 Å². The van der Waals surface area contributed by atoms with Crippen molar-refractivity contribution in [2.45, 2.75) is 19.8 Å². The molecule has 2 rings (SSSR count). The minimum atomic E-state index is -0.618. The van der Waals surface area contributed by atoms with Crippen molar-refractivity contribution < 1.29 is 9.90 Å². The Balaban J connectivity index is 1.86. The third-order valence-electron chi connectivity index (χ3n) is 2.99. The summed E-state index contributed by atoms with van der Waals surface area (Å²) in [6.45, 7) is 2.16. The highest BCUT2D eigenvalue weighted by Crippen LogP contribution is 2.45. The van der Waals surface area contributed by atoms with Gasteiger partial charge < -0.3 is 5.11 Å². The maximum atomic E-state index is 10.7. The van der Waals surface area contributed by atoms with Crippen molar-refractivity contribution in [2.75, 3.05) is 0 Å². The van der Waals surface area contributed by atoms with Gasteiger partial charge >= 0.3 is 5.97 Å². The summed E-state index contributed by atoms with van der Waals surface area (Å²) in [5.74, 6) is 0.238. The van der Waals surface area contributed by atoms with Crippen molar-refractivity contribution in [2.24, 2.45) is 17.8 Å². The highest BCUT2D eigenvalue weighted by Gasteiger charge is 2.46. The molecule has 3 atom stereocenters. The number of thiophene rings is 1. The van der Waals surface area contributed by atoms with Crippen LogP contribution in [0.3, 0.4) is 0 Å². The fraction of sp³-hybridized carbons (Fsp3) is 0.545. The molecule has 76 valence electrons. The Labute approximate surface area is 87.6 Å². The number of hydrogen-bond acceptors (Lipinski definition) is 2. The molecule has 1 heterocycles. The predicted molar refractivity (Wildman–Crippen MR) is 56.4 cm³/mol. The molecule has 0 saturated heterocycles. The minimum Gasteiger partial charge on any atom is -0.481 e. The zero-order valence-corrected chi connectivity index (χ0v) is 8.96. The predicted octanol–water partition coefficient (Wildman–Crippen LogP) is 2.65. The van der Waals surface area contributed by atoms with E-state index in [1.165, 1.54) is 4.88 Å². The average molecular weight is 210 g/mol. The lowest BCUT2D eigenvalue weighted by Gasteiger charge is -2.07. The number of rotatable bonds is 4. The molecule has 1 saturated carbocycles. The van der Waals surface area contributed by atoms with Gasteiger partial charge in [0, 0.05) is 4.88 Å². The van der Waals surface area contributed by atoms with Crippen LogP contribution in [0.15, 0.2) is 17.5 Å². The molecule has 14 heavy (non-hydrogen) atoms. The molecule has 0 spiro atoms. The van der Waals surface area contributed by atoms with Crippen molar-refractivity contribution in [3.8, 4) is 0 Å². The smallest absolute Gasteiger partial charge is 0.306 e. The molecule has 1 aromatic rings. The number of hydrogen-bond donors (Lipinski definition) is 1. The van der Waals surface area contributed by atoms with Crippen molar-refractivity contribution >= 4 is 17.3 Å². The highest BCUT2D eigenvalue weighted by atomic mass is 32.1. The second kappa shape index (κ2) is 3.73. The molecule has 1 aliphatic carbocycles. The van der Waals surface area contributed by atoms with Gasteiger partial charge in [-0.2, -0.15) is 0 Å². The van der Waals surface area contributed by atoms with Crippen LogP contribution in [0, 0.1) is 17.8 Å². The van der Waals surface area contributed by atoms with Crippen LogP contribution in [-0.4, -0.2) is 11.1 Å². The van der Waals surface area contributed by atoms with E-state index in [9.17, 15) is 4.79 Å². The van der Waals surface area contributed by atoms with Gasteiger partial charge in [0.05, 0.1) is 5.92 Å². The fourth-order valence-corrected chi connectivity index (χ4v) is 2.87. The van der Waals surface area contributed by atoms with Gasteiger partial charge in [0.15, 0.2) is 0 Å². The van der Waals surface area contributed by atoms with E-state index in [0.29, 0.717) is 11.8 Å². The van der Waals surface area contributed by atoms with E-state index in [1.807, 2.05) is 6.07 Å². The monoisotopic (exact) mass is 210 g/mol. The Hall–Kier alpha value is -0.830. The van der Waals surface area contributed by atoms with Gasteiger partial charge in [0.1, 0.15) is 0 Å². The first-order valence-electron chi connectivity index (χ1n) is 4.93. The molecule has 2 nitrogen and oxygen atoms in total. The van der Waals surface area contributed by atoms with Crippen molar-refractivity contribution in [3.05, 3.63) is 22.4 Å². The number of carboxylic acids is 1. The largest absolute Gasteiger partial charge is 0.481 e. The van der Waals surface area contributed by atoms with Gasteiger partial charge in [-0.15, -0.1) is 11.3 Å². The highest BCUT2D eigenvalue weighted by molar-refractivity contribution is 7.09. The summed E-state index contributed by atoms with van der Waals surface area (Å²) >= 11 is 1.76. The summed E-state index contributed by atoms with van der Waals surface area (Å²) in [6.07, 6.45) is 1.91. The van der Waals surface area contributed by atoms with E-state index < -0.39 is 5.97 Å². The Bertz CT molecular complexity index is 318. The third kappa shape index (κ3) is 1.98. The SMILES string of the molecule is CC(Cc1cccs1)C1CC1C(=O)O.